The van der Waals surface area contributed by atoms with Crippen molar-refractivity contribution < 1.29 is 23.1 Å². The molecule has 3 aromatic rings. The van der Waals surface area contributed by atoms with Gasteiger partial charge in [0, 0.05) is 6.07 Å². The van der Waals surface area contributed by atoms with Crippen LogP contribution >= 0.6 is 0 Å². The first-order valence-corrected chi connectivity index (χ1v) is 9.51. The van der Waals surface area contributed by atoms with Crippen LogP contribution in [0.4, 0.5) is 14.5 Å². The number of rotatable bonds is 5. The number of hydrogen-bond donors (Lipinski definition) is 3. The van der Waals surface area contributed by atoms with Gasteiger partial charge in [-0.15, -0.1) is 10.2 Å². The molecule has 4 rings (SSSR count). The van der Waals surface area contributed by atoms with Crippen LogP contribution in [0.1, 0.15) is 48.4 Å². The summed E-state index contributed by atoms with van der Waals surface area (Å²) in [5, 5.41) is 23.4. The molecule has 0 saturated carbocycles. The number of carbonyl (C=O) groups is 1. The minimum Gasteiger partial charge on any atom is -0.421 e. The van der Waals surface area contributed by atoms with E-state index in [1.165, 1.54) is 6.07 Å². The fraction of sp³-hybridized carbons (Fsp3) is 0.286. The van der Waals surface area contributed by atoms with Crippen LogP contribution in [-0.2, 0) is 11.2 Å². The Labute approximate surface area is 171 Å². The molecular formula is C21H20F2N4O3. The molecule has 0 aliphatic carbocycles. The van der Waals surface area contributed by atoms with Crippen molar-refractivity contribution in [2.24, 2.45) is 0 Å². The molecule has 1 amide bonds. The minimum atomic E-state index is -1.40. The summed E-state index contributed by atoms with van der Waals surface area (Å²) in [7, 11) is 0. The second-order valence-corrected chi connectivity index (χ2v) is 7.30. The van der Waals surface area contributed by atoms with E-state index in [4.69, 9.17) is 4.42 Å². The lowest BCUT2D eigenvalue weighted by Crippen LogP contribution is -2.42. The van der Waals surface area contributed by atoms with Crippen molar-refractivity contribution >= 4 is 11.6 Å². The number of aliphatic hydroxyl groups is 1. The maximum Gasteiger partial charge on any atom is 0.259 e. The van der Waals surface area contributed by atoms with Gasteiger partial charge in [0.15, 0.2) is 6.23 Å². The molecular weight excluding hydrogens is 394 g/mol. The Kier molecular flexibility index (Phi) is 5.56. The van der Waals surface area contributed by atoms with Crippen molar-refractivity contribution in [3.63, 3.8) is 0 Å². The number of carbonyl (C=O) groups excluding carboxylic acids is 1. The van der Waals surface area contributed by atoms with Gasteiger partial charge in [-0.1, -0.05) is 37.3 Å². The largest absolute Gasteiger partial charge is 0.421 e. The zero-order chi connectivity index (χ0) is 21.3. The van der Waals surface area contributed by atoms with E-state index in [9.17, 15) is 18.7 Å². The van der Waals surface area contributed by atoms with Gasteiger partial charge in [-0.05, 0) is 29.5 Å². The summed E-state index contributed by atoms with van der Waals surface area (Å²) in [6, 6.07) is 10.5. The highest BCUT2D eigenvalue weighted by Crippen LogP contribution is 2.34. The number of benzene rings is 2. The van der Waals surface area contributed by atoms with Crippen LogP contribution < -0.4 is 10.6 Å². The third-order valence-corrected chi connectivity index (χ3v) is 5.04. The molecule has 1 unspecified atom stereocenters. The smallest absolute Gasteiger partial charge is 0.259 e. The molecule has 3 N–H and O–H groups in total. The quantitative estimate of drug-likeness (QED) is 0.555. The van der Waals surface area contributed by atoms with E-state index in [1.807, 2.05) is 30.3 Å². The molecule has 7 nitrogen and oxygen atoms in total. The van der Waals surface area contributed by atoms with Crippen molar-refractivity contribution in [3.05, 3.63) is 77.0 Å². The van der Waals surface area contributed by atoms with Crippen LogP contribution in [0.3, 0.4) is 0 Å². The van der Waals surface area contributed by atoms with Crippen LogP contribution in [0.25, 0.3) is 0 Å². The molecule has 9 heteroatoms. The third kappa shape index (κ3) is 4.22. The molecule has 0 saturated heterocycles. The fourth-order valence-electron chi connectivity index (χ4n) is 3.54. The predicted octanol–water partition coefficient (Wildman–Crippen LogP) is 3.03. The molecule has 156 valence electrons. The van der Waals surface area contributed by atoms with E-state index in [0.717, 1.165) is 11.6 Å². The number of aromatic nitrogens is 2. The number of nitrogens with zero attached hydrogens (tertiary/aromatic N) is 2. The number of nitrogens with one attached hydrogen (secondary N) is 2. The molecule has 0 spiro atoms. The molecule has 1 aromatic heterocycles. The SMILES string of the molecule is C[C@H]1C[C@@H](NC(O)c2nnc(Cc3ccccc3)o2)C(=O)Nc2c(F)cc(F)cc21. The van der Waals surface area contributed by atoms with Crippen molar-refractivity contribution in [1.29, 1.82) is 0 Å². The summed E-state index contributed by atoms with van der Waals surface area (Å²) in [6.07, 6.45) is -0.779. The fourth-order valence-corrected chi connectivity index (χ4v) is 3.54. The molecule has 2 aromatic carbocycles. The Balaban J connectivity index is 1.47. The summed E-state index contributed by atoms with van der Waals surface area (Å²) >= 11 is 0. The highest BCUT2D eigenvalue weighted by Gasteiger charge is 2.32. The molecule has 1 aliphatic rings. The maximum atomic E-state index is 14.1. The second-order valence-electron chi connectivity index (χ2n) is 7.30. The number of halogens is 2. The highest BCUT2D eigenvalue weighted by molar-refractivity contribution is 5.96. The van der Waals surface area contributed by atoms with Gasteiger partial charge >= 0.3 is 0 Å². The first kappa shape index (κ1) is 20.1. The minimum absolute atomic E-state index is 0.0457. The lowest BCUT2D eigenvalue weighted by Gasteiger charge is -2.19. The zero-order valence-electron chi connectivity index (χ0n) is 16.1. The second kappa shape index (κ2) is 8.29. The third-order valence-electron chi connectivity index (χ3n) is 5.04. The van der Waals surface area contributed by atoms with Crippen LogP contribution in [-0.4, -0.2) is 27.3 Å². The standard InChI is InChI=1S/C21H20F2N4O3/c1-11-7-16(19(28)25-18-14(11)9-13(22)10-15(18)23)24-20(29)21-27-26-17(30-21)8-12-5-3-2-4-6-12/h2-6,9-11,16,20,24,29H,7-8H2,1H3,(H,25,28)/t11-,16+,20?/m0/s1. The lowest BCUT2D eigenvalue weighted by atomic mass is 9.94. The van der Waals surface area contributed by atoms with Gasteiger partial charge in [-0.2, -0.15) is 0 Å². The van der Waals surface area contributed by atoms with Gasteiger partial charge < -0.3 is 14.8 Å². The van der Waals surface area contributed by atoms with Crippen LogP contribution in [0, 0.1) is 11.6 Å². The van der Waals surface area contributed by atoms with E-state index in [1.54, 1.807) is 6.92 Å². The zero-order valence-corrected chi connectivity index (χ0v) is 16.1. The Morgan fingerprint density at radius 2 is 2.03 bits per heavy atom. The molecule has 0 bridgehead atoms. The number of hydrogen-bond acceptors (Lipinski definition) is 6. The normalized spacial score (nSPS) is 19.7. The van der Waals surface area contributed by atoms with Gasteiger partial charge in [0.2, 0.25) is 11.8 Å². The summed E-state index contributed by atoms with van der Waals surface area (Å²) < 4.78 is 33.3. The Bertz CT molecular complexity index is 1060. The molecule has 0 radical (unpaired) electrons. The van der Waals surface area contributed by atoms with Crippen molar-refractivity contribution in [3.8, 4) is 0 Å². The Hall–Kier alpha value is -3.17. The van der Waals surface area contributed by atoms with Crippen molar-refractivity contribution in [2.75, 3.05) is 5.32 Å². The number of aliphatic hydroxyl groups excluding tert-OH is 1. The molecule has 2 heterocycles. The summed E-state index contributed by atoms with van der Waals surface area (Å²) in [6.45, 7) is 1.75. The molecule has 0 fully saturated rings. The predicted molar refractivity (Wildman–Crippen MR) is 103 cm³/mol. The van der Waals surface area contributed by atoms with Crippen molar-refractivity contribution in [2.45, 2.75) is 38.0 Å². The van der Waals surface area contributed by atoms with Crippen LogP contribution in [0.5, 0.6) is 0 Å². The summed E-state index contributed by atoms with van der Waals surface area (Å²) in [5.41, 5.74) is 1.29. The maximum absolute atomic E-state index is 14.1. The first-order chi connectivity index (χ1) is 14.4. The monoisotopic (exact) mass is 414 g/mol. The van der Waals surface area contributed by atoms with Gasteiger partial charge in [0.1, 0.15) is 11.6 Å². The Morgan fingerprint density at radius 3 is 2.80 bits per heavy atom. The van der Waals surface area contributed by atoms with E-state index in [0.29, 0.717) is 17.9 Å². The average Bonchev–Trinajstić information content (AvgIpc) is 3.14. The lowest BCUT2D eigenvalue weighted by molar-refractivity contribution is -0.119. The van der Waals surface area contributed by atoms with Gasteiger partial charge in [-0.3, -0.25) is 10.1 Å². The summed E-state index contributed by atoms with van der Waals surface area (Å²) in [4.78, 5) is 12.6. The number of anilines is 1. The molecule has 30 heavy (non-hydrogen) atoms. The Morgan fingerprint density at radius 1 is 1.27 bits per heavy atom. The highest BCUT2D eigenvalue weighted by atomic mass is 19.1. The first-order valence-electron chi connectivity index (χ1n) is 9.51. The number of fused-ring (bicyclic) bond motifs is 1. The molecule has 3 atom stereocenters. The van der Waals surface area contributed by atoms with Gasteiger partial charge in [0.05, 0.1) is 18.2 Å². The number of amides is 1. The van der Waals surface area contributed by atoms with E-state index >= 15 is 0 Å². The van der Waals surface area contributed by atoms with E-state index < -0.39 is 29.8 Å². The van der Waals surface area contributed by atoms with E-state index in [-0.39, 0.29) is 23.9 Å². The van der Waals surface area contributed by atoms with E-state index in [2.05, 4.69) is 20.8 Å². The van der Waals surface area contributed by atoms with Gasteiger partial charge in [-0.25, -0.2) is 8.78 Å². The summed E-state index contributed by atoms with van der Waals surface area (Å²) in [5.74, 6) is -2.20. The van der Waals surface area contributed by atoms with Crippen molar-refractivity contribution in [1.82, 2.24) is 15.5 Å². The molecule has 1 aliphatic heterocycles. The van der Waals surface area contributed by atoms with Crippen LogP contribution in [0.15, 0.2) is 46.9 Å². The topological polar surface area (TPSA) is 100 Å². The van der Waals surface area contributed by atoms with Crippen LogP contribution in [0.2, 0.25) is 0 Å². The average molecular weight is 414 g/mol. The van der Waals surface area contributed by atoms with Gasteiger partial charge in [0.25, 0.3) is 5.89 Å².